The number of hydrogen-bond acceptors (Lipinski definition) is 5. The first-order valence-electron chi connectivity index (χ1n) is 8.76. The summed E-state index contributed by atoms with van der Waals surface area (Å²) in [6.07, 6.45) is 6.44. The van der Waals surface area contributed by atoms with Crippen molar-refractivity contribution in [1.29, 1.82) is 0 Å². The van der Waals surface area contributed by atoms with Gasteiger partial charge in [-0.05, 0) is 30.7 Å². The molecule has 5 nitrogen and oxygen atoms in total. The molecule has 1 heterocycles. The van der Waals surface area contributed by atoms with E-state index in [0.29, 0.717) is 12.6 Å². The zero-order valence-electron chi connectivity index (χ0n) is 14.5. The maximum atomic E-state index is 5.29. The van der Waals surface area contributed by atoms with Crippen LogP contribution in [0, 0.1) is 0 Å². The third-order valence-electron chi connectivity index (χ3n) is 4.47. The Labute approximate surface area is 148 Å². The molecule has 1 saturated carbocycles. The second kappa shape index (κ2) is 8.42. The first-order chi connectivity index (χ1) is 11.8. The zero-order chi connectivity index (χ0) is 16.8. The molecule has 130 valence electrons. The average Bonchev–Trinajstić information content (AvgIpc) is 3.04. The van der Waals surface area contributed by atoms with E-state index >= 15 is 0 Å². The summed E-state index contributed by atoms with van der Waals surface area (Å²) in [4.78, 5) is 0. The smallest absolute Gasteiger partial charge is 0.191 e. The van der Waals surface area contributed by atoms with Crippen LogP contribution >= 0.6 is 11.8 Å². The van der Waals surface area contributed by atoms with Gasteiger partial charge >= 0.3 is 0 Å². The highest BCUT2D eigenvalue weighted by Gasteiger charge is 2.22. The number of hydrogen-bond donors (Lipinski definition) is 1. The van der Waals surface area contributed by atoms with Gasteiger partial charge < -0.3 is 14.6 Å². The Morgan fingerprint density at radius 1 is 1.25 bits per heavy atom. The van der Waals surface area contributed by atoms with Gasteiger partial charge in [0.2, 0.25) is 0 Å². The summed E-state index contributed by atoms with van der Waals surface area (Å²) in [5.41, 5.74) is 1.04. The standard InChI is InChI=1S/C18H26N4OS/c1-3-24-18-21-20-17(22(18)15-9-5-4-6-10-15)13-19-14-8-7-11-16(12-14)23-2/h7-8,11-12,15,19H,3-6,9-10,13H2,1-2H3. The number of rotatable bonds is 7. The molecular weight excluding hydrogens is 320 g/mol. The molecule has 1 N–H and O–H groups in total. The van der Waals surface area contributed by atoms with Gasteiger partial charge in [-0.25, -0.2) is 0 Å². The van der Waals surface area contributed by atoms with E-state index in [1.165, 1.54) is 32.1 Å². The molecule has 0 saturated heterocycles. The lowest BCUT2D eigenvalue weighted by Crippen LogP contribution is -2.18. The molecule has 24 heavy (non-hydrogen) atoms. The molecule has 1 aliphatic carbocycles. The zero-order valence-corrected chi connectivity index (χ0v) is 15.3. The minimum absolute atomic E-state index is 0.546. The molecular formula is C18H26N4OS. The van der Waals surface area contributed by atoms with Crippen LogP contribution in [0.2, 0.25) is 0 Å². The molecule has 0 atom stereocenters. The summed E-state index contributed by atoms with van der Waals surface area (Å²) in [5, 5.41) is 13.4. The number of benzene rings is 1. The van der Waals surface area contributed by atoms with E-state index in [2.05, 4.69) is 27.0 Å². The minimum Gasteiger partial charge on any atom is -0.497 e. The van der Waals surface area contributed by atoms with E-state index < -0.39 is 0 Å². The van der Waals surface area contributed by atoms with Crippen LogP contribution in [0.5, 0.6) is 5.75 Å². The van der Waals surface area contributed by atoms with E-state index in [-0.39, 0.29) is 0 Å². The maximum Gasteiger partial charge on any atom is 0.191 e. The van der Waals surface area contributed by atoms with E-state index in [0.717, 1.165) is 28.2 Å². The van der Waals surface area contributed by atoms with Crippen molar-refractivity contribution in [3.05, 3.63) is 30.1 Å². The van der Waals surface area contributed by atoms with Gasteiger partial charge in [0.05, 0.1) is 13.7 Å². The van der Waals surface area contributed by atoms with Gasteiger partial charge in [-0.1, -0.05) is 44.0 Å². The Morgan fingerprint density at radius 2 is 2.08 bits per heavy atom. The molecule has 0 aliphatic heterocycles. The second-order valence-electron chi connectivity index (χ2n) is 6.08. The van der Waals surface area contributed by atoms with Crippen molar-refractivity contribution in [3.63, 3.8) is 0 Å². The molecule has 1 aromatic heterocycles. The van der Waals surface area contributed by atoms with E-state index in [4.69, 9.17) is 4.74 Å². The highest BCUT2D eigenvalue weighted by atomic mass is 32.2. The van der Waals surface area contributed by atoms with Gasteiger partial charge in [-0.3, -0.25) is 0 Å². The van der Waals surface area contributed by atoms with Gasteiger partial charge in [0.15, 0.2) is 11.0 Å². The van der Waals surface area contributed by atoms with Crippen LogP contribution in [0.25, 0.3) is 0 Å². The molecule has 1 fully saturated rings. The lowest BCUT2D eigenvalue weighted by Gasteiger charge is -2.25. The third kappa shape index (κ3) is 4.04. The average molecular weight is 347 g/mol. The number of anilines is 1. The molecule has 0 spiro atoms. The van der Waals surface area contributed by atoms with Gasteiger partial charge in [0, 0.05) is 17.8 Å². The Hall–Kier alpha value is -1.69. The van der Waals surface area contributed by atoms with Crippen molar-refractivity contribution in [2.45, 2.75) is 56.8 Å². The first-order valence-corrected chi connectivity index (χ1v) is 9.75. The lowest BCUT2D eigenvalue weighted by atomic mass is 9.95. The summed E-state index contributed by atoms with van der Waals surface area (Å²) in [6.45, 7) is 2.85. The second-order valence-corrected chi connectivity index (χ2v) is 7.31. The normalized spacial score (nSPS) is 15.4. The molecule has 0 radical (unpaired) electrons. The minimum atomic E-state index is 0.546. The van der Waals surface area contributed by atoms with E-state index in [1.807, 2.05) is 24.3 Å². The Balaban J connectivity index is 1.76. The number of ether oxygens (including phenoxy) is 1. The molecule has 1 aliphatic rings. The molecule has 0 unspecified atom stereocenters. The maximum absolute atomic E-state index is 5.29. The largest absolute Gasteiger partial charge is 0.497 e. The summed E-state index contributed by atoms with van der Waals surface area (Å²) in [7, 11) is 1.69. The number of methoxy groups -OCH3 is 1. The molecule has 1 aromatic carbocycles. The van der Waals surface area contributed by atoms with Gasteiger partial charge in [0.1, 0.15) is 5.75 Å². The van der Waals surface area contributed by atoms with Crippen LogP contribution in [-0.4, -0.2) is 27.6 Å². The molecule has 3 rings (SSSR count). The fraction of sp³-hybridized carbons (Fsp3) is 0.556. The van der Waals surface area contributed by atoms with Crippen LogP contribution in [0.3, 0.4) is 0 Å². The molecule has 0 bridgehead atoms. The van der Waals surface area contributed by atoms with Crippen molar-refractivity contribution in [1.82, 2.24) is 14.8 Å². The van der Waals surface area contributed by atoms with Crippen molar-refractivity contribution < 1.29 is 4.74 Å². The SMILES string of the molecule is CCSc1nnc(CNc2cccc(OC)c2)n1C1CCCCC1. The fourth-order valence-electron chi connectivity index (χ4n) is 3.28. The van der Waals surface area contributed by atoms with Crippen LogP contribution in [0.1, 0.15) is 50.9 Å². The van der Waals surface area contributed by atoms with Crippen LogP contribution in [0.15, 0.2) is 29.4 Å². The number of nitrogens with one attached hydrogen (secondary N) is 1. The van der Waals surface area contributed by atoms with Crippen molar-refractivity contribution in [3.8, 4) is 5.75 Å². The number of nitrogens with zero attached hydrogens (tertiary/aromatic N) is 3. The summed E-state index contributed by atoms with van der Waals surface area (Å²) in [5.74, 6) is 2.91. The Kier molecular flexibility index (Phi) is 6.01. The van der Waals surface area contributed by atoms with Crippen molar-refractivity contribution in [2.24, 2.45) is 0 Å². The Bertz CT molecular complexity index is 652. The molecule has 2 aromatic rings. The predicted octanol–water partition coefficient (Wildman–Crippen LogP) is 4.52. The third-order valence-corrected chi connectivity index (χ3v) is 5.29. The predicted molar refractivity (Wildman–Crippen MR) is 98.9 cm³/mol. The number of aromatic nitrogens is 3. The van der Waals surface area contributed by atoms with Crippen LogP contribution < -0.4 is 10.1 Å². The number of thioether (sulfide) groups is 1. The van der Waals surface area contributed by atoms with Gasteiger partial charge in [-0.2, -0.15) is 0 Å². The van der Waals surface area contributed by atoms with Crippen LogP contribution in [-0.2, 0) is 6.54 Å². The molecule has 6 heteroatoms. The summed E-state index contributed by atoms with van der Waals surface area (Å²) in [6, 6.07) is 8.54. The first kappa shape index (κ1) is 17.1. The molecule has 0 amide bonds. The van der Waals surface area contributed by atoms with Crippen molar-refractivity contribution in [2.75, 3.05) is 18.2 Å². The highest BCUT2D eigenvalue weighted by Crippen LogP contribution is 2.32. The summed E-state index contributed by atoms with van der Waals surface area (Å²) < 4.78 is 7.66. The van der Waals surface area contributed by atoms with Crippen LogP contribution in [0.4, 0.5) is 5.69 Å². The van der Waals surface area contributed by atoms with Gasteiger partial charge in [0.25, 0.3) is 0 Å². The fourth-order valence-corrected chi connectivity index (χ4v) is 4.03. The lowest BCUT2D eigenvalue weighted by molar-refractivity contribution is 0.330. The summed E-state index contributed by atoms with van der Waals surface area (Å²) >= 11 is 1.79. The monoisotopic (exact) mass is 346 g/mol. The topological polar surface area (TPSA) is 52.0 Å². The van der Waals surface area contributed by atoms with E-state index in [1.54, 1.807) is 18.9 Å². The van der Waals surface area contributed by atoms with E-state index in [9.17, 15) is 0 Å². The van der Waals surface area contributed by atoms with Crippen molar-refractivity contribution >= 4 is 17.4 Å². The highest BCUT2D eigenvalue weighted by molar-refractivity contribution is 7.99. The van der Waals surface area contributed by atoms with Gasteiger partial charge in [-0.15, -0.1) is 10.2 Å². The quantitative estimate of drug-likeness (QED) is 0.747. The Morgan fingerprint density at radius 3 is 2.83 bits per heavy atom.